The molecule has 0 bridgehead atoms. The molecule has 0 aromatic carbocycles. The number of hydrogen-bond donors (Lipinski definition) is 0. The summed E-state index contributed by atoms with van der Waals surface area (Å²) < 4.78 is 21.4. The van der Waals surface area contributed by atoms with Crippen molar-refractivity contribution in [2.24, 2.45) is 0 Å². The fraction of sp³-hybridized carbons (Fsp3) is 0.429. The first-order valence-corrected chi connectivity index (χ1v) is 5.57. The smallest absolute Gasteiger partial charge is 0.147 e. The Kier molecular flexibility index (Phi) is 14.0. The van der Waals surface area contributed by atoms with Gasteiger partial charge in [-0.05, 0) is 0 Å². The van der Waals surface area contributed by atoms with Crippen LogP contribution in [-0.4, -0.2) is 0 Å². The Labute approximate surface area is 107 Å². The molecule has 6 heteroatoms. The van der Waals surface area contributed by atoms with E-state index in [1.54, 1.807) is 6.08 Å². The summed E-state index contributed by atoms with van der Waals surface area (Å²) >= 11 is 0.949. The van der Waals surface area contributed by atoms with Crippen LogP contribution in [0.25, 0.3) is 0 Å². The van der Waals surface area contributed by atoms with Crippen LogP contribution < -0.4 is 0 Å². The minimum Gasteiger partial charge on any atom is -0.147 e. The minimum atomic E-state index is -2.35. The average molecular weight is 321 g/mol. The Morgan fingerprint density at radius 3 is 1.77 bits per heavy atom. The third kappa shape index (κ3) is 9.15. The van der Waals surface area contributed by atoms with Gasteiger partial charge in [0.2, 0.25) is 0 Å². The number of rotatable bonds is 2. The van der Waals surface area contributed by atoms with Crippen LogP contribution in [0.1, 0.15) is 20.8 Å². The standard InChI is InChI=1S/C7H10O2P.2ClH.Zr/c1-6(2)7(3)4-5-10(8)9;;;/h4H,1-3H3;2*1H;. The molecule has 13 heavy (non-hydrogen) atoms. The Morgan fingerprint density at radius 1 is 1.15 bits per heavy atom. The van der Waals surface area contributed by atoms with Gasteiger partial charge < -0.3 is 0 Å². The van der Waals surface area contributed by atoms with Crippen molar-refractivity contribution in [1.29, 1.82) is 0 Å². The summed E-state index contributed by atoms with van der Waals surface area (Å²) in [5.41, 5.74) is 2.19. The second-order valence-corrected chi connectivity index (χ2v) is 5.82. The third-order valence-electron chi connectivity index (χ3n) is 1.34. The molecule has 0 rings (SSSR count). The molecule has 0 fully saturated rings. The summed E-state index contributed by atoms with van der Waals surface area (Å²) in [6.45, 7) is 5.85. The van der Waals surface area contributed by atoms with E-state index in [9.17, 15) is 9.13 Å². The van der Waals surface area contributed by atoms with E-state index >= 15 is 0 Å². The van der Waals surface area contributed by atoms with E-state index in [1.165, 1.54) is 0 Å². The Hall–Kier alpha value is 0.843. The topological polar surface area (TPSA) is 34.1 Å². The van der Waals surface area contributed by atoms with Crippen LogP contribution in [0.15, 0.2) is 20.2 Å². The molecule has 0 spiro atoms. The van der Waals surface area contributed by atoms with E-state index in [2.05, 4.69) is 0 Å². The number of allylic oxidation sites excluding steroid dienone is 3. The van der Waals surface area contributed by atoms with Crippen LogP contribution in [0.2, 0.25) is 0 Å². The molecule has 0 aromatic heterocycles. The molecule has 0 N–H and O–H groups in total. The summed E-state index contributed by atoms with van der Waals surface area (Å²) in [7, 11) is -2.35. The molecule has 0 aliphatic rings. The largest absolute Gasteiger partial charge is 0.147 e. The summed E-state index contributed by atoms with van der Waals surface area (Å²) in [5, 5.41) is 0. The zero-order chi connectivity index (χ0) is 9.02. The molecule has 2 nitrogen and oxygen atoms in total. The molecule has 0 saturated carbocycles. The maximum absolute atomic E-state index is 10.4. The quantitative estimate of drug-likeness (QED) is 0.573. The van der Waals surface area contributed by atoms with Crippen molar-refractivity contribution in [1.82, 2.24) is 0 Å². The number of hydrogen-bond acceptors (Lipinski definition) is 2. The van der Waals surface area contributed by atoms with Gasteiger partial charge >= 0.3 is 82.5 Å². The van der Waals surface area contributed by atoms with Crippen molar-refractivity contribution in [2.45, 2.75) is 20.8 Å². The van der Waals surface area contributed by atoms with Gasteiger partial charge in [-0.3, -0.25) is 0 Å². The van der Waals surface area contributed by atoms with Gasteiger partial charge in [-0.2, -0.15) is 0 Å². The fourth-order valence-electron chi connectivity index (χ4n) is 0.402. The first kappa shape index (κ1) is 19.4. The van der Waals surface area contributed by atoms with Crippen LogP contribution in [0.3, 0.4) is 0 Å². The maximum Gasteiger partial charge on any atom is -0.147 e. The molecular weight excluding hydrogens is 309 g/mol. The monoisotopic (exact) mass is 319 g/mol. The summed E-state index contributed by atoms with van der Waals surface area (Å²) in [4.78, 5) is 0. The zero-order valence-corrected chi connectivity index (χ0v) is 12.6. The molecule has 0 saturated heterocycles. The Bertz CT molecular complexity index is 270. The summed E-state index contributed by atoms with van der Waals surface area (Å²) in [6.07, 6.45) is 1.72. The van der Waals surface area contributed by atoms with Crippen LogP contribution in [0.5, 0.6) is 0 Å². The molecule has 0 aliphatic carbocycles. The SMILES string of the molecule is CC(C)=C(C)C=[C]([Zr])P(=O)=O.Cl.Cl. The average Bonchev–Trinajstić information content (AvgIpc) is 1.87. The first-order valence-electron chi connectivity index (χ1n) is 3.17. The molecule has 0 unspecified atom stereocenters. The number of halogens is 2. The third-order valence-corrected chi connectivity index (χ3v) is 3.56. The van der Waals surface area contributed by atoms with Crippen molar-refractivity contribution in [3.63, 3.8) is 0 Å². The van der Waals surface area contributed by atoms with Crippen molar-refractivity contribution in [3.05, 3.63) is 20.2 Å². The van der Waals surface area contributed by atoms with Crippen LogP contribution in [-0.2, 0) is 33.8 Å². The van der Waals surface area contributed by atoms with Gasteiger partial charge in [0.15, 0.2) is 0 Å². The summed E-state index contributed by atoms with van der Waals surface area (Å²) in [5.74, 6) is 0. The van der Waals surface area contributed by atoms with E-state index in [1.807, 2.05) is 20.8 Å². The molecule has 0 radical (unpaired) electrons. The normalized spacial score (nSPS) is 9.23. The Morgan fingerprint density at radius 2 is 1.54 bits per heavy atom. The fourth-order valence-corrected chi connectivity index (χ4v) is 1.23. The second kappa shape index (κ2) is 9.40. The predicted octanol–water partition coefficient (Wildman–Crippen LogP) is 3.75. The van der Waals surface area contributed by atoms with Gasteiger partial charge in [0, 0.05) is 0 Å². The van der Waals surface area contributed by atoms with E-state index in [4.69, 9.17) is 0 Å². The van der Waals surface area contributed by atoms with E-state index < -0.39 is 7.68 Å². The van der Waals surface area contributed by atoms with Crippen LogP contribution in [0.4, 0.5) is 0 Å². The maximum atomic E-state index is 10.4. The zero-order valence-electron chi connectivity index (χ0n) is 7.66. The predicted molar refractivity (Wildman–Crippen MR) is 54.9 cm³/mol. The van der Waals surface area contributed by atoms with Gasteiger partial charge in [-0.15, -0.1) is 24.8 Å². The molecule has 0 aromatic rings. The second-order valence-electron chi connectivity index (χ2n) is 2.47. The minimum absolute atomic E-state index is 0. The van der Waals surface area contributed by atoms with Gasteiger partial charge in [0.05, 0.1) is 0 Å². The molecule has 75 valence electrons. The van der Waals surface area contributed by atoms with E-state index in [0.717, 1.165) is 35.9 Å². The van der Waals surface area contributed by atoms with Crippen LogP contribution in [0, 0.1) is 0 Å². The van der Waals surface area contributed by atoms with Gasteiger partial charge in [-0.25, -0.2) is 0 Å². The molecular formula is C7H12Cl2O2PZr. The van der Waals surface area contributed by atoms with Crippen molar-refractivity contribution in [2.75, 3.05) is 0 Å². The van der Waals surface area contributed by atoms with Gasteiger partial charge in [0.1, 0.15) is 0 Å². The van der Waals surface area contributed by atoms with Crippen molar-refractivity contribution >= 4 is 32.5 Å². The molecule has 0 atom stereocenters. The van der Waals surface area contributed by atoms with Crippen LogP contribution >= 0.6 is 32.5 Å². The van der Waals surface area contributed by atoms with E-state index in [-0.39, 0.29) is 24.8 Å². The van der Waals surface area contributed by atoms with Crippen molar-refractivity contribution < 1.29 is 33.8 Å². The molecule has 0 aliphatic heterocycles. The first-order chi connectivity index (χ1) is 4.95. The van der Waals surface area contributed by atoms with Gasteiger partial charge in [0.25, 0.3) is 0 Å². The molecule has 0 amide bonds. The van der Waals surface area contributed by atoms with Gasteiger partial charge in [-0.1, -0.05) is 0 Å². The Balaban J connectivity index is -0.000000500. The summed E-state index contributed by atoms with van der Waals surface area (Å²) in [6, 6.07) is 0. The van der Waals surface area contributed by atoms with Crippen molar-refractivity contribution in [3.8, 4) is 0 Å². The van der Waals surface area contributed by atoms with E-state index in [0.29, 0.717) is 3.02 Å². The molecule has 0 heterocycles.